The molecule has 0 aliphatic heterocycles. The largest absolute Gasteiger partial charge is 0.457 e. The number of non-ortho nitro benzene ring substituents is 1. The Hall–Kier alpha value is -2.89. The van der Waals surface area contributed by atoms with Gasteiger partial charge in [0.05, 0.1) is 10.5 Å². The number of nitro groups is 1. The fraction of sp³-hybridized carbons (Fsp3) is 0.235. The van der Waals surface area contributed by atoms with Crippen LogP contribution in [0.15, 0.2) is 48.5 Å². The SMILES string of the molecule is CCCCNC(=O)c1cc([N+](=O)[O-])ccc1Oc1ccccc1. The Bertz CT molecular complexity index is 686. The third kappa shape index (κ3) is 4.54. The fourth-order valence-electron chi connectivity index (χ4n) is 1.99. The molecule has 0 aromatic heterocycles. The van der Waals surface area contributed by atoms with Crippen LogP contribution in [-0.4, -0.2) is 17.4 Å². The van der Waals surface area contributed by atoms with Gasteiger partial charge in [-0.1, -0.05) is 31.5 Å². The molecule has 120 valence electrons. The van der Waals surface area contributed by atoms with Crippen molar-refractivity contribution in [2.45, 2.75) is 19.8 Å². The smallest absolute Gasteiger partial charge is 0.270 e. The zero-order chi connectivity index (χ0) is 16.7. The molecule has 0 spiro atoms. The lowest BCUT2D eigenvalue weighted by Gasteiger charge is -2.11. The highest BCUT2D eigenvalue weighted by atomic mass is 16.6. The van der Waals surface area contributed by atoms with Crippen LogP contribution in [-0.2, 0) is 0 Å². The minimum atomic E-state index is -0.533. The number of carbonyl (C=O) groups excluding carboxylic acids is 1. The summed E-state index contributed by atoms with van der Waals surface area (Å²) in [5.41, 5.74) is 0.00482. The zero-order valence-corrected chi connectivity index (χ0v) is 12.8. The molecule has 6 nitrogen and oxygen atoms in total. The Balaban J connectivity index is 2.29. The number of benzene rings is 2. The number of unbranched alkanes of at least 4 members (excludes halogenated alkanes) is 1. The van der Waals surface area contributed by atoms with E-state index in [1.165, 1.54) is 18.2 Å². The third-order valence-corrected chi connectivity index (χ3v) is 3.21. The molecule has 23 heavy (non-hydrogen) atoms. The predicted molar refractivity (Wildman–Crippen MR) is 86.9 cm³/mol. The minimum absolute atomic E-state index is 0.147. The van der Waals surface area contributed by atoms with E-state index in [2.05, 4.69) is 5.32 Å². The summed E-state index contributed by atoms with van der Waals surface area (Å²) in [5.74, 6) is 0.466. The van der Waals surface area contributed by atoms with Crippen LogP contribution in [0.1, 0.15) is 30.1 Å². The average molecular weight is 314 g/mol. The number of amides is 1. The van der Waals surface area contributed by atoms with E-state index in [1.807, 2.05) is 25.1 Å². The maximum absolute atomic E-state index is 12.3. The van der Waals surface area contributed by atoms with Gasteiger partial charge in [0.25, 0.3) is 11.6 Å². The van der Waals surface area contributed by atoms with Crippen molar-refractivity contribution in [2.75, 3.05) is 6.54 Å². The molecule has 0 fully saturated rings. The van der Waals surface area contributed by atoms with Crippen LogP contribution in [0.5, 0.6) is 11.5 Å². The number of rotatable bonds is 7. The summed E-state index contributed by atoms with van der Waals surface area (Å²) in [6.45, 7) is 2.53. The van der Waals surface area contributed by atoms with E-state index >= 15 is 0 Å². The number of carbonyl (C=O) groups is 1. The molecule has 0 radical (unpaired) electrons. The topological polar surface area (TPSA) is 81.5 Å². The van der Waals surface area contributed by atoms with Crippen molar-refractivity contribution >= 4 is 11.6 Å². The highest BCUT2D eigenvalue weighted by Crippen LogP contribution is 2.28. The van der Waals surface area contributed by atoms with Gasteiger partial charge >= 0.3 is 0 Å². The molecule has 0 heterocycles. The molecule has 0 aliphatic rings. The number of nitrogens with one attached hydrogen (secondary N) is 1. The Kier molecular flexibility index (Phi) is 5.68. The highest BCUT2D eigenvalue weighted by molar-refractivity contribution is 5.97. The lowest BCUT2D eigenvalue weighted by molar-refractivity contribution is -0.384. The first kappa shape index (κ1) is 16.5. The van der Waals surface area contributed by atoms with Gasteiger partial charge in [0.1, 0.15) is 11.5 Å². The molecular formula is C17H18N2O4. The first-order valence-electron chi connectivity index (χ1n) is 7.41. The molecular weight excluding hydrogens is 296 g/mol. The molecule has 0 atom stereocenters. The molecule has 0 aliphatic carbocycles. The van der Waals surface area contributed by atoms with Gasteiger partial charge in [-0.25, -0.2) is 0 Å². The number of para-hydroxylation sites is 1. The number of ether oxygens (including phenoxy) is 1. The van der Waals surface area contributed by atoms with Gasteiger partial charge in [-0.05, 0) is 24.6 Å². The second kappa shape index (κ2) is 7.93. The molecule has 1 N–H and O–H groups in total. The van der Waals surface area contributed by atoms with Crippen molar-refractivity contribution in [3.63, 3.8) is 0 Å². The maximum atomic E-state index is 12.3. The average Bonchev–Trinajstić information content (AvgIpc) is 2.56. The lowest BCUT2D eigenvalue weighted by Crippen LogP contribution is -2.24. The zero-order valence-electron chi connectivity index (χ0n) is 12.8. The molecule has 6 heteroatoms. The summed E-state index contributed by atoms with van der Waals surface area (Å²) in [5, 5.41) is 13.7. The van der Waals surface area contributed by atoms with Crippen LogP contribution in [0.4, 0.5) is 5.69 Å². The van der Waals surface area contributed by atoms with Gasteiger partial charge in [0.2, 0.25) is 0 Å². The van der Waals surface area contributed by atoms with Crippen molar-refractivity contribution in [2.24, 2.45) is 0 Å². The number of nitro benzene ring substituents is 1. The van der Waals surface area contributed by atoms with Crippen LogP contribution in [0.25, 0.3) is 0 Å². The van der Waals surface area contributed by atoms with E-state index in [9.17, 15) is 14.9 Å². The van der Waals surface area contributed by atoms with Crippen molar-refractivity contribution < 1.29 is 14.5 Å². The van der Waals surface area contributed by atoms with Gasteiger partial charge in [-0.15, -0.1) is 0 Å². The molecule has 1 amide bonds. The van der Waals surface area contributed by atoms with Gasteiger partial charge in [0, 0.05) is 18.7 Å². The van der Waals surface area contributed by atoms with Crippen molar-refractivity contribution in [1.29, 1.82) is 0 Å². The molecule has 0 saturated carbocycles. The second-order valence-electron chi connectivity index (χ2n) is 4.96. The van der Waals surface area contributed by atoms with Crippen molar-refractivity contribution in [1.82, 2.24) is 5.32 Å². The van der Waals surface area contributed by atoms with Crippen LogP contribution >= 0.6 is 0 Å². The number of nitrogens with zero attached hydrogens (tertiary/aromatic N) is 1. The summed E-state index contributed by atoms with van der Waals surface area (Å²) in [6, 6.07) is 13.0. The summed E-state index contributed by atoms with van der Waals surface area (Å²) in [6.07, 6.45) is 1.79. The standard InChI is InChI=1S/C17H18N2O4/c1-2-3-11-18-17(20)15-12-13(19(21)22)9-10-16(15)23-14-7-5-4-6-8-14/h4-10,12H,2-3,11H2,1H3,(H,18,20). The van der Waals surface area contributed by atoms with Gasteiger partial charge in [-0.2, -0.15) is 0 Å². The summed E-state index contributed by atoms with van der Waals surface area (Å²) >= 11 is 0. The van der Waals surface area contributed by atoms with Gasteiger partial charge in [-0.3, -0.25) is 14.9 Å². The van der Waals surface area contributed by atoms with Crippen LogP contribution in [0, 0.1) is 10.1 Å². The maximum Gasteiger partial charge on any atom is 0.270 e. The summed E-state index contributed by atoms with van der Waals surface area (Å²) in [4.78, 5) is 22.7. The summed E-state index contributed by atoms with van der Waals surface area (Å²) < 4.78 is 5.69. The second-order valence-corrected chi connectivity index (χ2v) is 4.96. The van der Waals surface area contributed by atoms with E-state index < -0.39 is 4.92 Å². The van der Waals surface area contributed by atoms with E-state index in [0.29, 0.717) is 12.3 Å². The molecule has 2 aromatic carbocycles. The van der Waals surface area contributed by atoms with Crippen LogP contribution in [0.3, 0.4) is 0 Å². The fourth-order valence-corrected chi connectivity index (χ4v) is 1.99. The predicted octanol–water partition coefficient (Wildman–Crippen LogP) is 3.92. The van der Waals surface area contributed by atoms with E-state index in [-0.39, 0.29) is 22.9 Å². The Morgan fingerprint density at radius 3 is 2.61 bits per heavy atom. The molecule has 0 bridgehead atoms. The monoisotopic (exact) mass is 314 g/mol. The highest BCUT2D eigenvalue weighted by Gasteiger charge is 2.18. The third-order valence-electron chi connectivity index (χ3n) is 3.21. The van der Waals surface area contributed by atoms with E-state index in [0.717, 1.165) is 12.8 Å². The molecule has 0 saturated heterocycles. The van der Waals surface area contributed by atoms with E-state index in [4.69, 9.17) is 4.74 Å². The molecule has 2 rings (SSSR count). The Morgan fingerprint density at radius 1 is 1.22 bits per heavy atom. The van der Waals surface area contributed by atoms with Crippen molar-refractivity contribution in [3.8, 4) is 11.5 Å². The molecule has 0 unspecified atom stereocenters. The van der Waals surface area contributed by atoms with E-state index in [1.54, 1.807) is 12.1 Å². The number of hydrogen-bond donors (Lipinski definition) is 1. The van der Waals surface area contributed by atoms with Gasteiger partial charge < -0.3 is 10.1 Å². The normalized spacial score (nSPS) is 10.1. The first-order chi connectivity index (χ1) is 11.1. The lowest BCUT2D eigenvalue weighted by atomic mass is 10.1. The first-order valence-corrected chi connectivity index (χ1v) is 7.41. The quantitative estimate of drug-likeness (QED) is 0.477. The Labute approximate surface area is 134 Å². The van der Waals surface area contributed by atoms with Crippen LogP contribution in [0.2, 0.25) is 0 Å². The molecule has 2 aromatic rings. The minimum Gasteiger partial charge on any atom is -0.457 e. The van der Waals surface area contributed by atoms with Crippen molar-refractivity contribution in [3.05, 3.63) is 64.2 Å². The van der Waals surface area contributed by atoms with Crippen LogP contribution < -0.4 is 10.1 Å². The summed E-state index contributed by atoms with van der Waals surface area (Å²) in [7, 11) is 0. The Morgan fingerprint density at radius 2 is 1.96 bits per heavy atom. The van der Waals surface area contributed by atoms with Gasteiger partial charge in [0.15, 0.2) is 0 Å². The number of hydrogen-bond acceptors (Lipinski definition) is 4.